The number of unbranched alkanes of at least 4 members (excludes halogenated alkanes) is 11. The highest BCUT2D eigenvalue weighted by molar-refractivity contribution is 7.07. The van der Waals surface area contributed by atoms with Gasteiger partial charge in [-0.25, -0.2) is 19.4 Å². The van der Waals surface area contributed by atoms with Gasteiger partial charge in [0.1, 0.15) is 18.7 Å². The van der Waals surface area contributed by atoms with E-state index in [4.69, 9.17) is 15.2 Å². The fourth-order valence-electron chi connectivity index (χ4n) is 6.48. The number of quaternary nitrogens is 1. The molecule has 3 heterocycles. The highest BCUT2D eigenvalue weighted by Gasteiger charge is 2.65. The molecule has 12 nitrogen and oxygen atoms in total. The molecule has 6 atom stereocenters. The zero-order valence-corrected chi connectivity index (χ0v) is 27.9. The van der Waals surface area contributed by atoms with Crippen molar-refractivity contribution in [3.8, 4) is 0 Å². The lowest BCUT2D eigenvalue weighted by atomic mass is 9.94. The summed E-state index contributed by atoms with van der Waals surface area (Å²) in [5.41, 5.74) is 8.22. The third kappa shape index (κ3) is 9.79. The highest BCUT2D eigenvalue weighted by Crippen LogP contribution is 2.41. The van der Waals surface area contributed by atoms with Crippen molar-refractivity contribution in [2.75, 3.05) is 19.7 Å². The number of nitrogens with two attached hydrogens (primary N) is 1. The van der Waals surface area contributed by atoms with Crippen molar-refractivity contribution >= 4 is 41.1 Å². The molecular weight excluding hydrogens is 598 g/mol. The predicted octanol–water partition coefficient (Wildman–Crippen LogP) is 4.07. The van der Waals surface area contributed by atoms with Crippen LogP contribution in [-0.4, -0.2) is 83.2 Å². The summed E-state index contributed by atoms with van der Waals surface area (Å²) in [7, 11) is 0. The monoisotopic (exact) mass is 650 g/mol. The number of imide groups is 1. The molecule has 2 unspecified atom stereocenters. The Hall–Kier alpha value is -2.90. The van der Waals surface area contributed by atoms with Crippen molar-refractivity contribution in [3.63, 3.8) is 0 Å². The Bertz CT molecular complexity index is 1130. The molecule has 0 bridgehead atoms. The SMILES string of the molecule is CCCCCCCCCCCCCCOC(=O)CNC(=O)[C@@H]1[C@@H](c2cscn2)CC[N@@+]1(C(=O)C1NC(=O)OC1C)C(=O)[C@H](C)N. The molecule has 0 spiro atoms. The summed E-state index contributed by atoms with van der Waals surface area (Å²) in [4.78, 5) is 70.5. The van der Waals surface area contributed by atoms with Crippen LogP contribution < -0.4 is 16.4 Å². The van der Waals surface area contributed by atoms with Gasteiger partial charge in [0.25, 0.3) is 5.91 Å². The van der Waals surface area contributed by atoms with E-state index < -0.39 is 71.0 Å². The van der Waals surface area contributed by atoms with Crippen LogP contribution in [0.4, 0.5) is 4.79 Å². The molecule has 2 saturated heterocycles. The van der Waals surface area contributed by atoms with Crippen LogP contribution in [0.1, 0.15) is 116 Å². The average molecular weight is 651 g/mol. The van der Waals surface area contributed by atoms with Crippen LogP contribution in [0.15, 0.2) is 10.9 Å². The fraction of sp³-hybridized carbons (Fsp3) is 0.750. The molecule has 45 heavy (non-hydrogen) atoms. The molecular formula is C32H52N5O7S+. The van der Waals surface area contributed by atoms with Gasteiger partial charge in [-0.2, -0.15) is 4.48 Å². The molecule has 2 aliphatic heterocycles. The maximum absolute atomic E-state index is 14.1. The first kappa shape index (κ1) is 36.6. The Kier molecular flexibility index (Phi) is 14.9. The van der Waals surface area contributed by atoms with E-state index in [0.717, 1.165) is 19.3 Å². The van der Waals surface area contributed by atoms with Gasteiger partial charge in [-0.3, -0.25) is 9.59 Å². The van der Waals surface area contributed by atoms with Crippen molar-refractivity contribution in [2.24, 2.45) is 5.73 Å². The Morgan fingerprint density at radius 3 is 2.24 bits per heavy atom. The number of carbonyl (C=O) groups is 5. The van der Waals surface area contributed by atoms with E-state index in [-0.39, 0.29) is 13.2 Å². The molecule has 1 aromatic heterocycles. The van der Waals surface area contributed by atoms with E-state index in [2.05, 4.69) is 22.5 Å². The van der Waals surface area contributed by atoms with Crippen molar-refractivity contribution in [1.82, 2.24) is 15.6 Å². The number of carbonyl (C=O) groups excluding carboxylic acids is 5. The molecule has 0 saturated carbocycles. The normalized spacial score (nSPS) is 24.9. The number of rotatable bonds is 19. The van der Waals surface area contributed by atoms with Gasteiger partial charge in [-0.1, -0.05) is 77.6 Å². The van der Waals surface area contributed by atoms with E-state index in [1.165, 1.54) is 76.0 Å². The minimum atomic E-state index is -1.24. The van der Waals surface area contributed by atoms with Gasteiger partial charge in [-0.05, 0) is 20.3 Å². The lowest BCUT2D eigenvalue weighted by Crippen LogP contribution is -2.71. The first-order valence-corrected chi connectivity index (χ1v) is 17.6. The first-order valence-electron chi connectivity index (χ1n) is 16.6. The third-order valence-electron chi connectivity index (χ3n) is 8.89. The van der Waals surface area contributed by atoms with Crippen LogP contribution >= 0.6 is 11.3 Å². The molecule has 0 aliphatic carbocycles. The summed E-state index contributed by atoms with van der Waals surface area (Å²) >= 11 is 1.33. The van der Waals surface area contributed by atoms with E-state index in [9.17, 15) is 24.0 Å². The molecule has 4 amide bonds. The minimum Gasteiger partial charge on any atom is -0.464 e. The number of nitrogens with one attached hydrogen (secondary N) is 2. The zero-order chi connectivity index (χ0) is 32.8. The number of amides is 4. The molecule has 252 valence electrons. The number of hydrogen-bond donors (Lipinski definition) is 3. The fourth-order valence-corrected chi connectivity index (χ4v) is 7.10. The van der Waals surface area contributed by atoms with Crippen LogP contribution in [0.25, 0.3) is 0 Å². The number of nitrogens with zero attached hydrogens (tertiary/aromatic N) is 2. The van der Waals surface area contributed by atoms with Gasteiger partial charge in [-0.15, -0.1) is 11.3 Å². The van der Waals surface area contributed by atoms with Crippen LogP contribution in [0, 0.1) is 0 Å². The maximum atomic E-state index is 14.1. The predicted molar refractivity (Wildman–Crippen MR) is 170 cm³/mol. The van der Waals surface area contributed by atoms with Crippen LogP contribution in [0.2, 0.25) is 0 Å². The number of cyclic esters (lactones) is 1. The van der Waals surface area contributed by atoms with E-state index in [0.29, 0.717) is 12.1 Å². The quantitative estimate of drug-likeness (QED) is 0.114. The molecule has 0 radical (unpaired) electrons. The number of esters is 1. The topological polar surface area (TPSA) is 167 Å². The van der Waals surface area contributed by atoms with Gasteiger partial charge in [0.2, 0.25) is 0 Å². The highest BCUT2D eigenvalue weighted by atomic mass is 32.1. The van der Waals surface area contributed by atoms with Crippen molar-refractivity contribution < 1.29 is 37.9 Å². The molecule has 3 rings (SSSR count). The second-order valence-electron chi connectivity index (χ2n) is 12.4. The Balaban J connectivity index is 1.54. The number of hydrogen-bond acceptors (Lipinski definition) is 10. The number of alkyl carbamates (subject to hydrolysis) is 1. The Labute approximate surface area is 270 Å². The second-order valence-corrected chi connectivity index (χ2v) is 13.1. The largest absolute Gasteiger partial charge is 0.464 e. The lowest BCUT2D eigenvalue weighted by Gasteiger charge is -2.37. The van der Waals surface area contributed by atoms with E-state index in [1.54, 1.807) is 17.8 Å². The summed E-state index contributed by atoms with van der Waals surface area (Å²) in [6.07, 6.45) is 13.1. The van der Waals surface area contributed by atoms with Crippen LogP contribution in [0.3, 0.4) is 0 Å². The maximum Gasteiger partial charge on any atom is 0.408 e. The standard InChI is InChI=1S/C32H51N5O7S/c1-4-5-6-7-8-9-10-11-12-13-14-15-18-43-26(38)19-34-29(39)28-24(25-20-45-21-35-25)16-17-37(28,30(40)22(2)33)31(41)27-23(3)44-32(42)36-27/h20-24,27-28H,4-19,33H2,1-3H3,(H-,34,36,39,42)/p+1/t22-,23?,24+,27?,28-,37-/m0/s1. The number of ether oxygens (including phenoxy) is 2. The smallest absolute Gasteiger partial charge is 0.408 e. The summed E-state index contributed by atoms with van der Waals surface area (Å²) in [5.74, 6) is -3.17. The third-order valence-corrected chi connectivity index (χ3v) is 9.50. The summed E-state index contributed by atoms with van der Waals surface area (Å²) in [6, 6.07) is -3.47. The molecule has 1 aromatic rings. The van der Waals surface area contributed by atoms with Gasteiger partial charge < -0.3 is 25.8 Å². The van der Waals surface area contributed by atoms with Crippen molar-refractivity contribution in [3.05, 3.63) is 16.6 Å². The molecule has 4 N–H and O–H groups in total. The molecule has 2 aliphatic rings. The summed E-state index contributed by atoms with van der Waals surface area (Å²) < 4.78 is 9.56. The van der Waals surface area contributed by atoms with Crippen molar-refractivity contribution in [2.45, 2.75) is 134 Å². The number of thiazole rings is 1. The lowest BCUT2D eigenvalue weighted by molar-refractivity contribution is -0.784. The van der Waals surface area contributed by atoms with Gasteiger partial charge >= 0.3 is 23.9 Å². The van der Waals surface area contributed by atoms with Crippen molar-refractivity contribution in [1.29, 1.82) is 0 Å². The molecule has 2 fully saturated rings. The van der Waals surface area contributed by atoms with Gasteiger partial charge in [0.05, 0.1) is 30.3 Å². The van der Waals surface area contributed by atoms with Gasteiger partial charge in [0, 0.05) is 11.8 Å². The zero-order valence-electron chi connectivity index (χ0n) is 27.1. The number of likely N-dealkylation sites (tertiary alicyclic amines) is 1. The minimum absolute atomic E-state index is 0.0119. The Morgan fingerprint density at radius 1 is 1.09 bits per heavy atom. The average Bonchev–Trinajstić information content (AvgIpc) is 3.76. The van der Waals surface area contributed by atoms with Crippen LogP contribution in [-0.2, 0) is 28.7 Å². The number of aromatic nitrogens is 1. The van der Waals surface area contributed by atoms with E-state index in [1.807, 2.05) is 0 Å². The second kappa shape index (κ2) is 18.3. The summed E-state index contributed by atoms with van der Waals surface area (Å²) in [6.45, 7) is 5.08. The van der Waals surface area contributed by atoms with Crippen LogP contribution in [0.5, 0.6) is 0 Å². The molecule has 13 heteroatoms. The first-order chi connectivity index (χ1) is 21.6. The van der Waals surface area contributed by atoms with E-state index >= 15 is 0 Å². The molecule has 0 aromatic carbocycles. The summed E-state index contributed by atoms with van der Waals surface area (Å²) in [5, 5.41) is 6.86. The van der Waals surface area contributed by atoms with Gasteiger partial charge in [0.15, 0.2) is 12.1 Å². The Morgan fingerprint density at radius 2 is 1.71 bits per heavy atom.